The van der Waals surface area contributed by atoms with Crippen molar-refractivity contribution in [1.82, 2.24) is 0 Å². The number of ether oxygens (including phenoxy) is 1. The van der Waals surface area contributed by atoms with E-state index >= 15 is 0 Å². The number of nitrogens with one attached hydrogen (secondary N) is 1. The van der Waals surface area contributed by atoms with Crippen LogP contribution in [-0.4, -0.2) is 19.1 Å². The smallest absolute Gasteiger partial charge is 0.228 e. The molecule has 0 aromatic heterocycles. The SMILES string of the molecule is CCCOc1ccc(NC(=O)C(CN)CC(C)(C)C)cc1. The second-order valence-electron chi connectivity index (χ2n) is 6.56. The van der Waals surface area contributed by atoms with Crippen LogP contribution in [-0.2, 0) is 4.79 Å². The number of hydrogen-bond acceptors (Lipinski definition) is 3. The Hall–Kier alpha value is -1.55. The highest BCUT2D eigenvalue weighted by Gasteiger charge is 2.23. The van der Waals surface area contributed by atoms with E-state index in [1.165, 1.54) is 0 Å². The summed E-state index contributed by atoms with van der Waals surface area (Å²) in [7, 11) is 0. The van der Waals surface area contributed by atoms with E-state index in [1.807, 2.05) is 24.3 Å². The van der Waals surface area contributed by atoms with Gasteiger partial charge in [0.25, 0.3) is 0 Å². The fourth-order valence-corrected chi connectivity index (χ4v) is 2.12. The molecule has 0 aliphatic rings. The molecule has 4 heteroatoms. The van der Waals surface area contributed by atoms with E-state index in [0.29, 0.717) is 13.2 Å². The lowest BCUT2D eigenvalue weighted by Crippen LogP contribution is -2.32. The molecule has 3 N–H and O–H groups in total. The molecular formula is C17H28N2O2. The van der Waals surface area contributed by atoms with Crippen molar-refractivity contribution in [3.63, 3.8) is 0 Å². The van der Waals surface area contributed by atoms with E-state index in [0.717, 1.165) is 24.3 Å². The van der Waals surface area contributed by atoms with Crippen LogP contribution in [0.15, 0.2) is 24.3 Å². The van der Waals surface area contributed by atoms with Crippen molar-refractivity contribution in [3.8, 4) is 5.75 Å². The zero-order valence-electron chi connectivity index (χ0n) is 13.6. The number of nitrogens with two attached hydrogens (primary N) is 1. The number of benzene rings is 1. The van der Waals surface area contributed by atoms with E-state index in [-0.39, 0.29) is 17.2 Å². The first kappa shape index (κ1) is 17.5. The van der Waals surface area contributed by atoms with Gasteiger partial charge in [-0.05, 0) is 42.5 Å². The molecule has 0 aliphatic carbocycles. The van der Waals surface area contributed by atoms with Gasteiger partial charge in [0.15, 0.2) is 0 Å². The minimum absolute atomic E-state index is 0.0188. The quantitative estimate of drug-likeness (QED) is 0.809. The summed E-state index contributed by atoms with van der Waals surface area (Å²) in [6, 6.07) is 7.44. The highest BCUT2D eigenvalue weighted by molar-refractivity contribution is 5.92. The molecule has 21 heavy (non-hydrogen) atoms. The Balaban J connectivity index is 2.60. The van der Waals surface area contributed by atoms with E-state index in [4.69, 9.17) is 10.5 Å². The molecule has 0 saturated carbocycles. The number of amides is 1. The van der Waals surface area contributed by atoms with Crippen LogP contribution < -0.4 is 15.8 Å². The lowest BCUT2D eigenvalue weighted by Gasteiger charge is -2.24. The molecule has 1 atom stereocenters. The molecular weight excluding hydrogens is 264 g/mol. The summed E-state index contributed by atoms with van der Waals surface area (Å²) >= 11 is 0. The minimum atomic E-state index is -0.166. The molecule has 0 heterocycles. The summed E-state index contributed by atoms with van der Waals surface area (Å²) < 4.78 is 5.52. The Morgan fingerprint density at radius 1 is 1.29 bits per heavy atom. The maximum absolute atomic E-state index is 12.3. The highest BCUT2D eigenvalue weighted by Crippen LogP contribution is 2.25. The van der Waals surface area contributed by atoms with Gasteiger partial charge in [-0.3, -0.25) is 4.79 Å². The molecule has 4 nitrogen and oxygen atoms in total. The van der Waals surface area contributed by atoms with Crippen LogP contribution >= 0.6 is 0 Å². The molecule has 118 valence electrons. The summed E-state index contributed by atoms with van der Waals surface area (Å²) in [5.74, 6) is 0.635. The largest absolute Gasteiger partial charge is 0.494 e. The van der Waals surface area contributed by atoms with Crippen LogP contribution in [0.4, 0.5) is 5.69 Å². The van der Waals surface area contributed by atoms with Crippen molar-refractivity contribution in [2.24, 2.45) is 17.1 Å². The van der Waals surface area contributed by atoms with Crippen LogP contribution in [0, 0.1) is 11.3 Å². The monoisotopic (exact) mass is 292 g/mol. The zero-order chi connectivity index (χ0) is 15.9. The number of hydrogen-bond donors (Lipinski definition) is 2. The summed E-state index contributed by atoms with van der Waals surface area (Å²) in [4.78, 5) is 12.3. The predicted octanol–water partition coefficient (Wildman–Crippen LogP) is 3.43. The third kappa shape index (κ3) is 6.63. The molecule has 0 saturated heterocycles. The lowest BCUT2D eigenvalue weighted by molar-refractivity contribution is -0.120. The van der Waals surface area contributed by atoms with Gasteiger partial charge in [0.1, 0.15) is 5.75 Å². The van der Waals surface area contributed by atoms with Crippen molar-refractivity contribution < 1.29 is 9.53 Å². The zero-order valence-corrected chi connectivity index (χ0v) is 13.6. The minimum Gasteiger partial charge on any atom is -0.494 e. The molecule has 1 amide bonds. The Kier molecular flexibility index (Phi) is 6.69. The highest BCUT2D eigenvalue weighted by atomic mass is 16.5. The van der Waals surface area contributed by atoms with Gasteiger partial charge in [0, 0.05) is 12.2 Å². The van der Waals surface area contributed by atoms with Gasteiger partial charge in [-0.25, -0.2) is 0 Å². The standard InChI is InChI=1S/C17H28N2O2/c1-5-10-21-15-8-6-14(7-9-15)19-16(20)13(12-18)11-17(2,3)4/h6-9,13H,5,10-12,18H2,1-4H3,(H,19,20). The van der Waals surface area contributed by atoms with Crippen molar-refractivity contribution in [2.75, 3.05) is 18.5 Å². The molecule has 0 bridgehead atoms. The van der Waals surface area contributed by atoms with Gasteiger partial charge >= 0.3 is 0 Å². The van der Waals surface area contributed by atoms with Crippen molar-refractivity contribution >= 4 is 11.6 Å². The molecule has 1 aromatic rings. The third-order valence-corrected chi connectivity index (χ3v) is 3.11. The lowest BCUT2D eigenvalue weighted by atomic mass is 9.84. The Bertz CT molecular complexity index is 435. The first-order chi connectivity index (χ1) is 9.85. The molecule has 0 fully saturated rings. The van der Waals surface area contributed by atoms with Gasteiger partial charge in [-0.15, -0.1) is 0 Å². The summed E-state index contributed by atoms with van der Waals surface area (Å²) in [6.07, 6.45) is 1.75. The molecule has 1 unspecified atom stereocenters. The van der Waals surface area contributed by atoms with Gasteiger partial charge in [0.05, 0.1) is 12.5 Å². The van der Waals surface area contributed by atoms with Gasteiger partial charge in [-0.2, -0.15) is 0 Å². The van der Waals surface area contributed by atoms with E-state index in [2.05, 4.69) is 33.0 Å². The second kappa shape index (κ2) is 8.03. The first-order valence-corrected chi connectivity index (χ1v) is 7.59. The predicted molar refractivity (Wildman–Crippen MR) is 87.5 cm³/mol. The number of carbonyl (C=O) groups excluding carboxylic acids is 1. The summed E-state index contributed by atoms with van der Waals surface area (Å²) in [5, 5.41) is 2.92. The fourth-order valence-electron chi connectivity index (χ4n) is 2.12. The maximum Gasteiger partial charge on any atom is 0.228 e. The number of carbonyl (C=O) groups is 1. The third-order valence-electron chi connectivity index (χ3n) is 3.11. The van der Waals surface area contributed by atoms with Crippen LogP contribution in [0.25, 0.3) is 0 Å². The molecule has 0 aliphatic heterocycles. The van der Waals surface area contributed by atoms with Crippen molar-refractivity contribution in [2.45, 2.75) is 40.5 Å². The molecule has 1 aromatic carbocycles. The van der Waals surface area contributed by atoms with Crippen LogP contribution in [0.2, 0.25) is 0 Å². The van der Waals surface area contributed by atoms with Crippen molar-refractivity contribution in [3.05, 3.63) is 24.3 Å². The van der Waals surface area contributed by atoms with Gasteiger partial charge < -0.3 is 15.8 Å². The Labute approximate surface area is 128 Å². The maximum atomic E-state index is 12.3. The Morgan fingerprint density at radius 2 is 1.90 bits per heavy atom. The van der Waals surface area contributed by atoms with E-state index in [9.17, 15) is 4.79 Å². The number of anilines is 1. The fraction of sp³-hybridized carbons (Fsp3) is 0.588. The molecule has 0 spiro atoms. The van der Waals surface area contributed by atoms with Crippen LogP contribution in [0.5, 0.6) is 5.75 Å². The summed E-state index contributed by atoms with van der Waals surface area (Å²) in [6.45, 7) is 9.47. The van der Waals surface area contributed by atoms with E-state index in [1.54, 1.807) is 0 Å². The molecule has 0 radical (unpaired) electrons. The Morgan fingerprint density at radius 3 is 2.38 bits per heavy atom. The number of rotatable bonds is 7. The average Bonchev–Trinajstić information content (AvgIpc) is 2.43. The van der Waals surface area contributed by atoms with E-state index < -0.39 is 0 Å². The second-order valence-corrected chi connectivity index (χ2v) is 6.56. The topological polar surface area (TPSA) is 64.3 Å². The van der Waals surface area contributed by atoms with Gasteiger partial charge in [0.2, 0.25) is 5.91 Å². The van der Waals surface area contributed by atoms with Crippen molar-refractivity contribution in [1.29, 1.82) is 0 Å². The summed E-state index contributed by atoms with van der Waals surface area (Å²) in [5.41, 5.74) is 6.59. The average molecular weight is 292 g/mol. The van der Waals surface area contributed by atoms with Gasteiger partial charge in [-0.1, -0.05) is 27.7 Å². The first-order valence-electron chi connectivity index (χ1n) is 7.59. The van der Waals surface area contributed by atoms with Crippen LogP contribution in [0.3, 0.4) is 0 Å². The molecule has 1 rings (SSSR count). The van der Waals surface area contributed by atoms with Crippen LogP contribution in [0.1, 0.15) is 40.5 Å². The normalized spacial score (nSPS) is 12.8.